The van der Waals surface area contributed by atoms with Crippen LogP contribution in [-0.2, 0) is 9.59 Å². The van der Waals surface area contributed by atoms with Gasteiger partial charge in [0.2, 0.25) is 5.91 Å². The number of hydrogen-bond donors (Lipinski definition) is 1. The maximum absolute atomic E-state index is 14.2. The first-order valence-electron chi connectivity index (χ1n) is 12.2. The lowest BCUT2D eigenvalue weighted by Crippen LogP contribution is -2.54. The predicted octanol–water partition coefficient (Wildman–Crippen LogP) is 3.45. The van der Waals surface area contributed by atoms with Gasteiger partial charge in [-0.2, -0.15) is 5.26 Å². The summed E-state index contributed by atoms with van der Waals surface area (Å²) in [6.45, 7) is -0.324. The zero-order chi connectivity index (χ0) is 28.6. The third-order valence-electron chi connectivity index (χ3n) is 7.29. The molecule has 0 aliphatic carbocycles. The van der Waals surface area contributed by atoms with Crippen LogP contribution in [0.1, 0.15) is 27.4 Å². The first-order chi connectivity index (χ1) is 19.1. The minimum atomic E-state index is -1.46. The van der Waals surface area contributed by atoms with Crippen LogP contribution in [-0.4, -0.2) is 70.8 Å². The first-order valence-corrected chi connectivity index (χ1v) is 13.0. The molecule has 2 aliphatic rings. The van der Waals surface area contributed by atoms with Gasteiger partial charge in [-0.15, -0.1) is 0 Å². The standard InChI is InChI=1S/C28H22Cl2N6O4/c1-34-27(40)36(22-10-20(29)9-21(30)11-22)26(39)28(34)16-35(15-23(28)18-6-4-17(12-31)5-7-18)24(37)14-33-25(38)19-3-2-8-32-13-19/h2-11,13,23H,14-16H2,1H3,(H,33,38)/t23-,28+/m0/s1. The Morgan fingerprint density at radius 1 is 1.12 bits per heavy atom. The number of halogens is 2. The molecule has 1 spiro atoms. The number of benzene rings is 2. The average Bonchev–Trinajstić information content (AvgIpc) is 3.44. The summed E-state index contributed by atoms with van der Waals surface area (Å²) in [5, 5.41) is 12.3. The van der Waals surface area contributed by atoms with Gasteiger partial charge in [0.1, 0.15) is 5.54 Å². The summed E-state index contributed by atoms with van der Waals surface area (Å²) >= 11 is 12.3. The Labute approximate surface area is 239 Å². The molecule has 1 N–H and O–H groups in total. The molecule has 3 heterocycles. The number of hydrogen-bond acceptors (Lipinski definition) is 6. The first kappa shape index (κ1) is 27.1. The fourth-order valence-corrected chi connectivity index (χ4v) is 5.78. The van der Waals surface area contributed by atoms with Crippen LogP contribution in [0.3, 0.4) is 0 Å². The van der Waals surface area contributed by atoms with Gasteiger partial charge in [0, 0.05) is 41.9 Å². The highest BCUT2D eigenvalue weighted by atomic mass is 35.5. The largest absolute Gasteiger partial charge is 0.343 e. The number of nitrogens with one attached hydrogen (secondary N) is 1. The van der Waals surface area contributed by atoms with Gasteiger partial charge in [-0.05, 0) is 48.0 Å². The van der Waals surface area contributed by atoms with Crippen LogP contribution in [0.15, 0.2) is 67.0 Å². The molecule has 0 saturated carbocycles. The molecule has 12 heteroatoms. The highest BCUT2D eigenvalue weighted by molar-refractivity contribution is 6.36. The number of pyridine rings is 1. The number of nitriles is 1. The number of anilines is 1. The maximum Gasteiger partial charge on any atom is 0.332 e. The lowest BCUT2D eigenvalue weighted by atomic mass is 9.80. The van der Waals surface area contributed by atoms with Crippen LogP contribution < -0.4 is 10.2 Å². The van der Waals surface area contributed by atoms with E-state index in [1.165, 1.54) is 47.4 Å². The third-order valence-corrected chi connectivity index (χ3v) is 7.72. The number of urea groups is 1. The van der Waals surface area contributed by atoms with Crippen molar-refractivity contribution in [3.63, 3.8) is 0 Å². The molecule has 2 aliphatic heterocycles. The number of rotatable bonds is 5. The number of carbonyl (C=O) groups excluding carboxylic acids is 4. The molecule has 5 amide bonds. The zero-order valence-corrected chi connectivity index (χ0v) is 22.7. The van der Waals surface area contributed by atoms with Crippen molar-refractivity contribution in [3.8, 4) is 6.07 Å². The molecule has 0 bridgehead atoms. The lowest BCUT2D eigenvalue weighted by molar-refractivity contribution is -0.130. The SMILES string of the molecule is CN1C(=O)N(c2cc(Cl)cc(Cl)c2)C(=O)[C@]12CN(C(=O)CNC(=O)c1cccnc1)C[C@H]2c1ccc(C#N)cc1. The minimum absolute atomic E-state index is 0.0982. The van der Waals surface area contributed by atoms with Gasteiger partial charge in [0.05, 0.1) is 36.0 Å². The number of nitrogens with zero attached hydrogens (tertiary/aromatic N) is 5. The van der Waals surface area contributed by atoms with Crippen LogP contribution in [0, 0.1) is 11.3 Å². The van der Waals surface area contributed by atoms with E-state index < -0.39 is 35.2 Å². The normalized spacial score (nSPS) is 20.2. The summed E-state index contributed by atoms with van der Waals surface area (Å²) in [6, 6.07) is 15.8. The van der Waals surface area contributed by atoms with E-state index in [4.69, 9.17) is 23.2 Å². The fraction of sp³-hybridized carbons (Fsp3) is 0.214. The van der Waals surface area contributed by atoms with Crippen molar-refractivity contribution in [2.45, 2.75) is 11.5 Å². The Kier molecular flexibility index (Phi) is 7.19. The number of amides is 5. The van der Waals surface area contributed by atoms with E-state index >= 15 is 0 Å². The maximum atomic E-state index is 14.2. The van der Waals surface area contributed by atoms with E-state index in [0.29, 0.717) is 16.7 Å². The molecular weight excluding hydrogens is 555 g/mol. The fourth-order valence-electron chi connectivity index (χ4n) is 5.26. The quantitative estimate of drug-likeness (QED) is 0.463. The molecule has 40 heavy (non-hydrogen) atoms. The molecule has 3 aromatic rings. The van der Waals surface area contributed by atoms with Gasteiger partial charge < -0.3 is 15.1 Å². The van der Waals surface area contributed by atoms with Gasteiger partial charge in [0.25, 0.3) is 11.8 Å². The van der Waals surface area contributed by atoms with E-state index in [1.54, 1.807) is 36.4 Å². The molecular formula is C28H22Cl2N6O4. The Balaban J connectivity index is 1.48. The highest BCUT2D eigenvalue weighted by Gasteiger charge is 2.65. The summed E-state index contributed by atoms with van der Waals surface area (Å²) in [4.78, 5) is 61.3. The van der Waals surface area contributed by atoms with Crippen LogP contribution in [0.2, 0.25) is 10.0 Å². The lowest BCUT2D eigenvalue weighted by Gasteiger charge is -2.33. The van der Waals surface area contributed by atoms with E-state index in [9.17, 15) is 24.4 Å². The monoisotopic (exact) mass is 576 g/mol. The van der Waals surface area contributed by atoms with Crippen LogP contribution in [0.4, 0.5) is 10.5 Å². The third kappa shape index (κ3) is 4.63. The summed E-state index contributed by atoms with van der Waals surface area (Å²) in [7, 11) is 1.52. The Morgan fingerprint density at radius 2 is 1.82 bits per heavy atom. The van der Waals surface area contributed by atoms with Crippen molar-refractivity contribution >= 4 is 52.6 Å². The Hall–Kier alpha value is -4.46. The minimum Gasteiger partial charge on any atom is -0.343 e. The van der Waals surface area contributed by atoms with Gasteiger partial charge in [-0.25, -0.2) is 9.69 Å². The predicted molar refractivity (Wildman–Crippen MR) is 147 cm³/mol. The van der Waals surface area contributed by atoms with E-state index in [1.807, 2.05) is 0 Å². The number of likely N-dealkylation sites (N-methyl/N-ethyl adjacent to an activating group) is 1. The summed E-state index contributed by atoms with van der Waals surface area (Å²) < 4.78 is 0. The van der Waals surface area contributed by atoms with Crippen molar-refractivity contribution in [1.82, 2.24) is 20.1 Å². The molecule has 5 rings (SSSR count). The van der Waals surface area contributed by atoms with Gasteiger partial charge in [-0.3, -0.25) is 19.4 Å². The van der Waals surface area contributed by atoms with Gasteiger partial charge >= 0.3 is 6.03 Å². The highest BCUT2D eigenvalue weighted by Crippen LogP contribution is 2.46. The summed E-state index contributed by atoms with van der Waals surface area (Å²) in [6.07, 6.45) is 2.92. The van der Waals surface area contributed by atoms with E-state index in [0.717, 1.165) is 4.90 Å². The second-order valence-corrected chi connectivity index (χ2v) is 10.4. The molecule has 2 fully saturated rings. The van der Waals surface area contributed by atoms with Crippen LogP contribution >= 0.6 is 23.2 Å². The molecule has 1 aromatic heterocycles. The van der Waals surface area contributed by atoms with E-state index in [2.05, 4.69) is 16.4 Å². The van der Waals surface area contributed by atoms with Crippen LogP contribution in [0.5, 0.6) is 0 Å². The van der Waals surface area contributed by atoms with Crippen molar-refractivity contribution in [3.05, 3.63) is 93.7 Å². The number of aromatic nitrogens is 1. The zero-order valence-electron chi connectivity index (χ0n) is 21.2. The number of carbonyl (C=O) groups is 4. The summed E-state index contributed by atoms with van der Waals surface area (Å²) in [5.41, 5.74) is 0.161. The van der Waals surface area contributed by atoms with Gasteiger partial charge in [0.15, 0.2) is 0 Å². The number of imide groups is 1. The molecule has 2 atom stereocenters. The molecule has 2 saturated heterocycles. The molecule has 0 radical (unpaired) electrons. The van der Waals surface area contributed by atoms with Crippen LogP contribution in [0.25, 0.3) is 0 Å². The van der Waals surface area contributed by atoms with Gasteiger partial charge in [-0.1, -0.05) is 35.3 Å². The van der Waals surface area contributed by atoms with Crippen molar-refractivity contribution in [1.29, 1.82) is 5.26 Å². The second-order valence-electron chi connectivity index (χ2n) is 9.52. The second kappa shape index (κ2) is 10.6. The molecule has 2 aromatic carbocycles. The Bertz CT molecular complexity index is 1540. The van der Waals surface area contributed by atoms with Crippen molar-refractivity contribution < 1.29 is 19.2 Å². The smallest absolute Gasteiger partial charge is 0.332 e. The summed E-state index contributed by atoms with van der Waals surface area (Å²) in [5.74, 6) is -2.06. The topological polar surface area (TPSA) is 127 Å². The Morgan fingerprint density at radius 3 is 2.45 bits per heavy atom. The molecule has 0 unspecified atom stereocenters. The molecule has 202 valence electrons. The number of likely N-dealkylation sites (tertiary alicyclic amines) is 1. The van der Waals surface area contributed by atoms with E-state index in [-0.39, 0.29) is 35.4 Å². The van der Waals surface area contributed by atoms with Crippen molar-refractivity contribution in [2.24, 2.45) is 0 Å². The average molecular weight is 577 g/mol. The van der Waals surface area contributed by atoms with Crippen molar-refractivity contribution in [2.75, 3.05) is 31.6 Å². The molecule has 10 nitrogen and oxygen atoms in total.